The lowest BCUT2D eigenvalue weighted by atomic mass is 10.0. The van der Waals surface area contributed by atoms with Gasteiger partial charge in [-0.2, -0.15) is 0 Å². The van der Waals surface area contributed by atoms with Gasteiger partial charge in [0.1, 0.15) is 0 Å². The summed E-state index contributed by atoms with van der Waals surface area (Å²) in [6.45, 7) is 2.05. The lowest BCUT2D eigenvalue weighted by Gasteiger charge is -2.06. The second-order valence-electron chi connectivity index (χ2n) is 5.16. The van der Waals surface area contributed by atoms with Gasteiger partial charge >= 0.3 is 5.97 Å². The number of benzene rings is 1. The number of esters is 1. The molecule has 0 aliphatic heterocycles. The molecule has 2 heterocycles. The fraction of sp³-hybridized carbons (Fsp3) is 0.158. The summed E-state index contributed by atoms with van der Waals surface area (Å²) in [4.78, 5) is 25.4. The Morgan fingerprint density at radius 3 is 2.58 bits per heavy atom. The number of nitrogens with zero attached hydrogens (tertiary/aromatic N) is 1. The molecular weight excluding hydrogens is 322 g/mol. The van der Waals surface area contributed by atoms with Gasteiger partial charge in [0.2, 0.25) is 0 Å². The second-order valence-corrected chi connectivity index (χ2v) is 6.04. The monoisotopic (exact) mass is 339 g/mol. The van der Waals surface area contributed by atoms with Crippen LogP contribution in [-0.2, 0) is 4.74 Å². The molecule has 2 aromatic heterocycles. The molecule has 24 heavy (non-hydrogen) atoms. The molecule has 0 spiro atoms. The van der Waals surface area contributed by atoms with Crippen molar-refractivity contribution in [3.05, 3.63) is 59.9 Å². The van der Waals surface area contributed by atoms with Crippen molar-refractivity contribution in [1.82, 2.24) is 4.40 Å². The molecule has 0 saturated heterocycles. The molecule has 122 valence electrons. The number of aromatic nitrogens is 1. The average molecular weight is 339 g/mol. The van der Waals surface area contributed by atoms with E-state index in [-0.39, 0.29) is 6.61 Å². The van der Waals surface area contributed by atoms with Crippen LogP contribution in [0.3, 0.4) is 0 Å². The van der Waals surface area contributed by atoms with E-state index in [0.29, 0.717) is 22.3 Å². The van der Waals surface area contributed by atoms with Crippen LogP contribution in [0.25, 0.3) is 16.6 Å². The van der Waals surface area contributed by atoms with E-state index < -0.39 is 5.97 Å². The minimum Gasteiger partial charge on any atom is -0.462 e. The van der Waals surface area contributed by atoms with Gasteiger partial charge in [0.05, 0.1) is 23.4 Å². The summed E-state index contributed by atoms with van der Waals surface area (Å²) in [5.41, 5.74) is 2.98. The van der Waals surface area contributed by atoms with Crippen LogP contribution in [0.2, 0.25) is 0 Å². The first-order valence-corrected chi connectivity index (χ1v) is 8.83. The number of hydrogen-bond acceptors (Lipinski definition) is 4. The Kier molecular flexibility index (Phi) is 4.71. The van der Waals surface area contributed by atoms with E-state index in [1.165, 1.54) is 0 Å². The molecule has 0 saturated carbocycles. The van der Waals surface area contributed by atoms with Gasteiger partial charge in [0.15, 0.2) is 6.29 Å². The normalized spacial score (nSPS) is 10.8. The van der Waals surface area contributed by atoms with Crippen LogP contribution >= 0.6 is 11.8 Å². The second kappa shape index (κ2) is 6.93. The molecule has 0 amide bonds. The molecule has 0 N–H and O–H groups in total. The average Bonchev–Trinajstić information content (AvgIpc) is 2.96. The fourth-order valence-electron chi connectivity index (χ4n) is 2.81. The van der Waals surface area contributed by atoms with Crippen molar-refractivity contribution in [2.24, 2.45) is 0 Å². The molecule has 0 aliphatic carbocycles. The van der Waals surface area contributed by atoms with Gasteiger partial charge in [-0.3, -0.25) is 4.79 Å². The predicted octanol–water partition coefficient (Wildman–Crippen LogP) is 4.32. The van der Waals surface area contributed by atoms with E-state index in [4.69, 9.17) is 4.74 Å². The van der Waals surface area contributed by atoms with Crippen LogP contribution in [0.5, 0.6) is 0 Å². The highest BCUT2D eigenvalue weighted by molar-refractivity contribution is 7.98. The van der Waals surface area contributed by atoms with E-state index in [9.17, 15) is 9.59 Å². The molecule has 0 bridgehead atoms. The molecular formula is C19H17NO3S. The third-order valence-corrected chi connectivity index (χ3v) is 4.60. The molecule has 4 nitrogen and oxygen atoms in total. The van der Waals surface area contributed by atoms with Crippen molar-refractivity contribution in [3.63, 3.8) is 0 Å². The molecule has 0 unspecified atom stereocenters. The Labute approximate surface area is 144 Å². The zero-order valence-electron chi connectivity index (χ0n) is 13.5. The van der Waals surface area contributed by atoms with Gasteiger partial charge < -0.3 is 9.14 Å². The van der Waals surface area contributed by atoms with Gasteiger partial charge in [0, 0.05) is 16.7 Å². The SMILES string of the molecule is CCOC(=O)c1c(-c2ccc(SC)cc2)c(C=O)n2ccccc12. The van der Waals surface area contributed by atoms with E-state index in [1.807, 2.05) is 48.7 Å². The number of thioether (sulfide) groups is 1. The highest BCUT2D eigenvalue weighted by Gasteiger charge is 2.25. The molecule has 3 rings (SSSR count). The minimum absolute atomic E-state index is 0.282. The molecule has 3 aromatic rings. The molecule has 0 radical (unpaired) electrons. The van der Waals surface area contributed by atoms with Crippen LogP contribution in [0.1, 0.15) is 27.8 Å². The first-order chi connectivity index (χ1) is 11.7. The number of pyridine rings is 1. The topological polar surface area (TPSA) is 47.8 Å². The van der Waals surface area contributed by atoms with Crippen LogP contribution in [0.4, 0.5) is 0 Å². The fourth-order valence-corrected chi connectivity index (χ4v) is 3.22. The Balaban J connectivity index is 2.32. The van der Waals surface area contributed by atoms with Crippen molar-refractivity contribution in [1.29, 1.82) is 0 Å². The number of fused-ring (bicyclic) bond motifs is 1. The Morgan fingerprint density at radius 1 is 1.21 bits per heavy atom. The molecule has 1 aromatic carbocycles. The van der Waals surface area contributed by atoms with Crippen molar-refractivity contribution in [2.45, 2.75) is 11.8 Å². The third-order valence-electron chi connectivity index (χ3n) is 3.85. The van der Waals surface area contributed by atoms with Crippen molar-refractivity contribution in [3.8, 4) is 11.1 Å². The van der Waals surface area contributed by atoms with Gasteiger partial charge in [-0.25, -0.2) is 4.79 Å². The van der Waals surface area contributed by atoms with E-state index in [1.54, 1.807) is 29.3 Å². The van der Waals surface area contributed by atoms with E-state index in [0.717, 1.165) is 16.7 Å². The first-order valence-electron chi connectivity index (χ1n) is 7.61. The van der Waals surface area contributed by atoms with E-state index in [2.05, 4.69) is 0 Å². The molecule has 0 aliphatic rings. The number of ether oxygens (including phenoxy) is 1. The van der Waals surface area contributed by atoms with Crippen LogP contribution in [-0.4, -0.2) is 29.5 Å². The Bertz CT molecular complexity index is 897. The third kappa shape index (κ3) is 2.71. The summed E-state index contributed by atoms with van der Waals surface area (Å²) >= 11 is 1.64. The Hall–Kier alpha value is -2.53. The van der Waals surface area contributed by atoms with Crippen molar-refractivity contribution >= 4 is 29.5 Å². The number of hydrogen-bond donors (Lipinski definition) is 0. The zero-order chi connectivity index (χ0) is 17.1. The Morgan fingerprint density at radius 2 is 1.96 bits per heavy atom. The van der Waals surface area contributed by atoms with Crippen LogP contribution < -0.4 is 0 Å². The minimum atomic E-state index is -0.418. The van der Waals surface area contributed by atoms with Crippen molar-refractivity contribution < 1.29 is 14.3 Å². The summed E-state index contributed by atoms with van der Waals surface area (Å²) in [6.07, 6.45) is 4.57. The van der Waals surface area contributed by atoms with Crippen LogP contribution in [0.15, 0.2) is 53.6 Å². The summed E-state index contributed by atoms with van der Waals surface area (Å²) < 4.78 is 6.96. The smallest absolute Gasteiger partial charge is 0.340 e. The summed E-state index contributed by atoms with van der Waals surface area (Å²) in [5, 5.41) is 0. The van der Waals surface area contributed by atoms with Gasteiger partial charge in [-0.15, -0.1) is 11.8 Å². The first kappa shape index (κ1) is 16.3. The lowest BCUT2D eigenvalue weighted by Crippen LogP contribution is -2.05. The molecule has 5 heteroatoms. The number of carbonyl (C=O) groups is 2. The van der Waals surface area contributed by atoms with Crippen molar-refractivity contribution in [2.75, 3.05) is 12.9 Å². The van der Waals surface area contributed by atoms with Crippen LogP contribution in [0, 0.1) is 0 Å². The molecule has 0 atom stereocenters. The standard InChI is InChI=1S/C19H17NO3S/c1-3-23-19(22)18-15-6-4-5-11-20(15)16(12-21)17(18)13-7-9-14(24-2)10-8-13/h4-12H,3H2,1-2H3. The molecule has 0 fully saturated rings. The quantitative estimate of drug-likeness (QED) is 0.395. The summed E-state index contributed by atoms with van der Waals surface area (Å²) in [7, 11) is 0. The zero-order valence-corrected chi connectivity index (χ0v) is 14.3. The highest BCUT2D eigenvalue weighted by Crippen LogP contribution is 2.34. The lowest BCUT2D eigenvalue weighted by molar-refractivity contribution is 0.0529. The maximum Gasteiger partial charge on any atom is 0.340 e. The van der Waals surface area contributed by atoms with Gasteiger partial charge in [-0.05, 0) is 43.0 Å². The number of rotatable bonds is 5. The summed E-state index contributed by atoms with van der Waals surface area (Å²) in [5.74, 6) is -0.418. The largest absolute Gasteiger partial charge is 0.462 e. The van der Waals surface area contributed by atoms with Gasteiger partial charge in [-0.1, -0.05) is 18.2 Å². The van der Waals surface area contributed by atoms with E-state index >= 15 is 0 Å². The maximum absolute atomic E-state index is 12.5. The summed E-state index contributed by atoms with van der Waals surface area (Å²) in [6, 6.07) is 13.3. The highest BCUT2D eigenvalue weighted by atomic mass is 32.2. The maximum atomic E-state index is 12.5. The van der Waals surface area contributed by atoms with Gasteiger partial charge in [0.25, 0.3) is 0 Å². The predicted molar refractivity (Wildman–Crippen MR) is 96.0 cm³/mol. The number of carbonyl (C=O) groups excluding carboxylic acids is 2. The number of aldehydes is 1.